The fourth-order valence-electron chi connectivity index (χ4n) is 3.95. The van der Waals surface area contributed by atoms with Crippen LogP contribution in [0.2, 0.25) is 0 Å². The van der Waals surface area contributed by atoms with Gasteiger partial charge in [0.05, 0.1) is 42.4 Å². The summed E-state index contributed by atoms with van der Waals surface area (Å²) in [4.78, 5) is 16.8. The number of rotatable bonds is 10. The van der Waals surface area contributed by atoms with Crippen molar-refractivity contribution in [2.24, 2.45) is 0 Å². The number of methoxy groups -OCH3 is 2. The van der Waals surface area contributed by atoms with Crippen LogP contribution < -0.4 is 19.1 Å². The summed E-state index contributed by atoms with van der Waals surface area (Å²) in [5.41, 5.74) is 0.0564. The molecule has 0 aliphatic carbocycles. The fourth-order valence-corrected chi connectivity index (χ4v) is 5.38. The number of aromatic nitrogens is 2. The van der Waals surface area contributed by atoms with Gasteiger partial charge in [0.2, 0.25) is 5.91 Å². The highest BCUT2D eigenvalue weighted by atomic mass is 32.2. The van der Waals surface area contributed by atoms with E-state index in [1.54, 1.807) is 35.4 Å². The molecule has 1 amide bonds. The number of hydrogen-bond acceptors (Lipinski definition) is 6. The maximum absolute atomic E-state index is 13.7. The number of hydrogen-bond donors (Lipinski definition) is 1. The number of benzene rings is 3. The van der Waals surface area contributed by atoms with Crippen molar-refractivity contribution in [2.45, 2.75) is 17.6 Å². The summed E-state index contributed by atoms with van der Waals surface area (Å²) < 4.78 is 80.6. The minimum Gasteiger partial charge on any atom is -0.493 e. The standard InChI is InChI=1S/C27H25F3N4O5S/c1-38-24-11-10-22(15-25(24)39-2)40(36,37)34(21-8-5-7-20(14-21)27(28,29)30)17-26(35)32-16-19-6-3-4-9-23(19)33-13-12-31-18-33/h3-15,18H,16-17H2,1-2H3,(H,32,35). The smallest absolute Gasteiger partial charge is 0.416 e. The lowest BCUT2D eigenvalue weighted by atomic mass is 10.1. The van der Waals surface area contributed by atoms with Gasteiger partial charge in [-0.05, 0) is 42.0 Å². The van der Waals surface area contributed by atoms with Crippen molar-refractivity contribution in [1.29, 1.82) is 0 Å². The molecular formula is C27H25F3N4O5S. The number of nitrogens with zero attached hydrogens (tertiary/aromatic N) is 3. The van der Waals surface area contributed by atoms with Gasteiger partial charge in [-0.1, -0.05) is 24.3 Å². The molecule has 40 heavy (non-hydrogen) atoms. The molecule has 3 aromatic carbocycles. The second-order valence-corrected chi connectivity index (χ2v) is 10.3. The monoisotopic (exact) mass is 574 g/mol. The number of ether oxygens (including phenoxy) is 2. The molecule has 0 saturated carbocycles. The molecule has 9 nitrogen and oxygen atoms in total. The van der Waals surface area contributed by atoms with Gasteiger partial charge in [0.15, 0.2) is 11.5 Å². The van der Waals surface area contributed by atoms with Crippen molar-refractivity contribution < 1.29 is 35.9 Å². The zero-order valence-electron chi connectivity index (χ0n) is 21.4. The molecule has 0 bridgehead atoms. The Morgan fingerprint density at radius 1 is 1.00 bits per heavy atom. The molecule has 1 heterocycles. The van der Waals surface area contributed by atoms with Gasteiger partial charge in [-0.3, -0.25) is 9.10 Å². The fraction of sp³-hybridized carbons (Fsp3) is 0.185. The van der Waals surface area contributed by atoms with E-state index >= 15 is 0 Å². The van der Waals surface area contributed by atoms with Crippen LogP contribution in [0, 0.1) is 0 Å². The van der Waals surface area contributed by atoms with Crippen LogP contribution in [0.5, 0.6) is 11.5 Å². The van der Waals surface area contributed by atoms with Gasteiger partial charge >= 0.3 is 6.18 Å². The molecule has 13 heteroatoms. The number of sulfonamides is 1. The van der Waals surface area contributed by atoms with E-state index in [1.165, 1.54) is 38.5 Å². The van der Waals surface area contributed by atoms with Crippen LogP contribution in [0.15, 0.2) is 90.3 Å². The first-order valence-corrected chi connectivity index (χ1v) is 13.2. The molecule has 210 valence electrons. The number of para-hydroxylation sites is 1. The second-order valence-electron chi connectivity index (χ2n) is 8.45. The van der Waals surface area contributed by atoms with Gasteiger partial charge in [0.25, 0.3) is 10.0 Å². The Hall–Kier alpha value is -4.52. The van der Waals surface area contributed by atoms with Gasteiger partial charge in [-0.15, -0.1) is 0 Å². The normalized spacial score (nSPS) is 11.6. The Morgan fingerprint density at radius 3 is 2.42 bits per heavy atom. The molecule has 4 aromatic rings. The lowest BCUT2D eigenvalue weighted by molar-refractivity contribution is -0.137. The number of halogens is 3. The highest BCUT2D eigenvalue weighted by molar-refractivity contribution is 7.92. The Morgan fingerprint density at radius 2 is 1.75 bits per heavy atom. The Balaban J connectivity index is 1.67. The van der Waals surface area contributed by atoms with E-state index in [9.17, 15) is 26.4 Å². The first-order chi connectivity index (χ1) is 19.0. The number of imidazole rings is 1. The third-order valence-electron chi connectivity index (χ3n) is 5.94. The van der Waals surface area contributed by atoms with Gasteiger partial charge in [0.1, 0.15) is 6.54 Å². The number of carbonyl (C=O) groups is 1. The summed E-state index contributed by atoms with van der Waals surface area (Å²) in [5.74, 6) is -0.392. The highest BCUT2D eigenvalue weighted by Crippen LogP contribution is 2.35. The molecule has 0 aliphatic heterocycles. The van der Waals surface area contributed by atoms with E-state index in [2.05, 4.69) is 10.3 Å². The number of carbonyl (C=O) groups excluding carboxylic acids is 1. The van der Waals surface area contributed by atoms with E-state index in [0.717, 1.165) is 17.8 Å². The van der Waals surface area contributed by atoms with E-state index < -0.39 is 34.2 Å². The van der Waals surface area contributed by atoms with Crippen molar-refractivity contribution in [3.63, 3.8) is 0 Å². The molecule has 0 saturated heterocycles. The third kappa shape index (κ3) is 6.20. The van der Waals surface area contributed by atoms with Crippen LogP contribution in [0.25, 0.3) is 5.69 Å². The molecule has 0 aliphatic rings. The summed E-state index contributed by atoms with van der Waals surface area (Å²) in [6.07, 6.45) is 0.187. The van der Waals surface area contributed by atoms with Crippen LogP contribution in [0.3, 0.4) is 0 Å². The Labute approximate surface area is 228 Å². The zero-order chi connectivity index (χ0) is 28.9. The minimum atomic E-state index is -4.73. The molecule has 0 radical (unpaired) electrons. The molecule has 0 fully saturated rings. The molecule has 1 N–H and O–H groups in total. The van der Waals surface area contributed by atoms with E-state index in [4.69, 9.17) is 9.47 Å². The molecule has 4 rings (SSSR count). The summed E-state index contributed by atoms with van der Waals surface area (Å²) in [6, 6.07) is 14.7. The average Bonchev–Trinajstić information content (AvgIpc) is 3.49. The topological polar surface area (TPSA) is 103 Å². The first kappa shape index (κ1) is 28.5. The van der Waals surface area contributed by atoms with Crippen molar-refractivity contribution in [2.75, 3.05) is 25.1 Å². The Bertz CT molecular complexity index is 1590. The van der Waals surface area contributed by atoms with Crippen LogP contribution in [-0.2, 0) is 27.5 Å². The molecule has 0 spiro atoms. The maximum atomic E-state index is 13.7. The molecule has 1 aromatic heterocycles. The predicted octanol–water partition coefficient (Wildman–Crippen LogP) is 4.42. The van der Waals surface area contributed by atoms with E-state index in [-0.39, 0.29) is 28.6 Å². The van der Waals surface area contributed by atoms with Crippen molar-refractivity contribution in [3.05, 3.63) is 96.6 Å². The summed E-state index contributed by atoms with van der Waals surface area (Å²) in [6.45, 7) is -0.759. The van der Waals surface area contributed by atoms with Crippen LogP contribution in [0.4, 0.5) is 18.9 Å². The number of alkyl halides is 3. The quantitative estimate of drug-likeness (QED) is 0.301. The van der Waals surface area contributed by atoms with Gasteiger partial charge in [0, 0.05) is 25.0 Å². The number of nitrogens with one attached hydrogen (secondary N) is 1. The third-order valence-corrected chi connectivity index (χ3v) is 7.71. The predicted molar refractivity (Wildman–Crippen MR) is 141 cm³/mol. The van der Waals surface area contributed by atoms with Crippen LogP contribution >= 0.6 is 0 Å². The molecular weight excluding hydrogens is 549 g/mol. The van der Waals surface area contributed by atoms with E-state index in [1.807, 2.05) is 12.1 Å². The lowest BCUT2D eigenvalue weighted by Crippen LogP contribution is -2.40. The van der Waals surface area contributed by atoms with Gasteiger partial charge < -0.3 is 19.4 Å². The zero-order valence-corrected chi connectivity index (χ0v) is 22.2. The SMILES string of the molecule is COc1ccc(S(=O)(=O)N(CC(=O)NCc2ccccc2-n2ccnc2)c2cccc(C(F)(F)F)c2)cc1OC. The summed E-state index contributed by atoms with van der Waals surface area (Å²) >= 11 is 0. The Kier molecular flexibility index (Phi) is 8.33. The van der Waals surface area contributed by atoms with Gasteiger partial charge in [-0.25, -0.2) is 13.4 Å². The number of amides is 1. The van der Waals surface area contributed by atoms with Crippen LogP contribution in [0.1, 0.15) is 11.1 Å². The molecule has 0 unspecified atom stereocenters. The first-order valence-electron chi connectivity index (χ1n) is 11.8. The lowest BCUT2D eigenvalue weighted by Gasteiger charge is -2.25. The van der Waals surface area contributed by atoms with Gasteiger partial charge in [-0.2, -0.15) is 13.2 Å². The van der Waals surface area contributed by atoms with Crippen molar-refractivity contribution >= 4 is 21.6 Å². The van der Waals surface area contributed by atoms with Crippen molar-refractivity contribution in [3.8, 4) is 17.2 Å². The average molecular weight is 575 g/mol. The molecule has 0 atom stereocenters. The number of anilines is 1. The van der Waals surface area contributed by atoms with Crippen LogP contribution in [-0.4, -0.2) is 44.6 Å². The summed E-state index contributed by atoms with van der Waals surface area (Å²) in [5, 5.41) is 2.67. The van der Waals surface area contributed by atoms with Crippen molar-refractivity contribution in [1.82, 2.24) is 14.9 Å². The summed E-state index contributed by atoms with van der Waals surface area (Å²) in [7, 11) is -1.85. The van der Waals surface area contributed by atoms with E-state index in [0.29, 0.717) is 15.9 Å². The second kappa shape index (κ2) is 11.7. The largest absolute Gasteiger partial charge is 0.493 e. The highest BCUT2D eigenvalue weighted by Gasteiger charge is 2.33. The minimum absolute atomic E-state index is 0.0278. The maximum Gasteiger partial charge on any atom is 0.416 e.